The molecule has 94 valence electrons. The molecule has 0 unspecified atom stereocenters. The number of carbonyl (C=O) groups excluding carboxylic acids is 1. The number of ether oxygens (including phenoxy) is 1. The van der Waals surface area contributed by atoms with E-state index >= 15 is 0 Å². The highest BCUT2D eigenvalue weighted by molar-refractivity contribution is 14.1. The quantitative estimate of drug-likeness (QED) is 0.659. The standard InChI is InChI=1S/C12H11IN2O2S/c1-7-10(11(16)17-2)15-12(18-7)14-9-6-4-3-5-8(9)13/h3-6H,1-2H3,(H,14,15). The Balaban J connectivity index is 2.26. The summed E-state index contributed by atoms with van der Waals surface area (Å²) in [5.41, 5.74) is 1.35. The Morgan fingerprint density at radius 3 is 2.83 bits per heavy atom. The minimum absolute atomic E-state index is 0.371. The summed E-state index contributed by atoms with van der Waals surface area (Å²) in [7, 11) is 1.36. The third kappa shape index (κ3) is 2.81. The van der Waals surface area contributed by atoms with Gasteiger partial charge < -0.3 is 10.1 Å². The van der Waals surface area contributed by atoms with Crippen LogP contribution in [0.25, 0.3) is 0 Å². The summed E-state index contributed by atoms with van der Waals surface area (Å²) in [6.45, 7) is 1.85. The molecular formula is C12H11IN2O2S. The predicted molar refractivity (Wildman–Crippen MR) is 80.6 cm³/mol. The summed E-state index contributed by atoms with van der Waals surface area (Å²) in [5.74, 6) is -0.403. The molecular weight excluding hydrogens is 363 g/mol. The molecule has 0 radical (unpaired) electrons. The number of nitrogens with one attached hydrogen (secondary N) is 1. The number of thiazole rings is 1. The van der Waals surface area contributed by atoms with Gasteiger partial charge in [0.15, 0.2) is 10.8 Å². The lowest BCUT2D eigenvalue weighted by Gasteiger charge is -2.04. The number of nitrogens with zero attached hydrogens (tertiary/aromatic N) is 1. The molecule has 4 nitrogen and oxygen atoms in total. The number of methoxy groups -OCH3 is 1. The summed E-state index contributed by atoms with van der Waals surface area (Å²) >= 11 is 3.68. The second-order valence-corrected chi connectivity index (χ2v) is 5.89. The molecule has 0 aliphatic rings. The third-order valence-electron chi connectivity index (χ3n) is 2.29. The second kappa shape index (κ2) is 5.66. The molecule has 1 aromatic carbocycles. The number of benzene rings is 1. The molecule has 0 spiro atoms. The van der Waals surface area contributed by atoms with Crippen LogP contribution in [0.5, 0.6) is 0 Å². The van der Waals surface area contributed by atoms with E-state index < -0.39 is 5.97 Å². The molecule has 0 saturated carbocycles. The molecule has 0 fully saturated rings. The van der Waals surface area contributed by atoms with Gasteiger partial charge in [-0.05, 0) is 41.6 Å². The molecule has 1 aromatic heterocycles. The van der Waals surface area contributed by atoms with Crippen molar-refractivity contribution in [2.45, 2.75) is 6.92 Å². The number of hydrogen-bond donors (Lipinski definition) is 1. The van der Waals surface area contributed by atoms with Crippen LogP contribution in [0.3, 0.4) is 0 Å². The number of halogens is 1. The first-order valence-electron chi connectivity index (χ1n) is 5.19. The highest BCUT2D eigenvalue weighted by Crippen LogP contribution is 2.27. The predicted octanol–water partition coefficient (Wildman–Crippen LogP) is 3.59. The van der Waals surface area contributed by atoms with Crippen LogP contribution in [0.2, 0.25) is 0 Å². The van der Waals surface area contributed by atoms with Gasteiger partial charge in [-0.3, -0.25) is 0 Å². The first-order chi connectivity index (χ1) is 8.61. The number of rotatable bonds is 3. The minimum Gasteiger partial charge on any atom is -0.464 e. The van der Waals surface area contributed by atoms with Crippen molar-refractivity contribution in [2.75, 3.05) is 12.4 Å². The maximum absolute atomic E-state index is 11.5. The lowest BCUT2D eigenvalue weighted by Crippen LogP contribution is -2.03. The Labute approximate surface area is 123 Å². The SMILES string of the molecule is COC(=O)c1nc(Nc2ccccc2I)sc1C. The fourth-order valence-corrected chi connectivity index (χ4v) is 2.75. The van der Waals surface area contributed by atoms with E-state index in [1.54, 1.807) is 0 Å². The summed E-state index contributed by atoms with van der Waals surface area (Å²) in [6.07, 6.45) is 0. The van der Waals surface area contributed by atoms with Crippen molar-refractivity contribution in [1.29, 1.82) is 0 Å². The molecule has 0 atom stereocenters. The molecule has 0 bridgehead atoms. The van der Waals surface area contributed by atoms with E-state index in [9.17, 15) is 4.79 Å². The normalized spacial score (nSPS) is 10.2. The molecule has 0 aliphatic heterocycles. The molecule has 0 aliphatic carbocycles. The smallest absolute Gasteiger partial charge is 0.357 e. The van der Waals surface area contributed by atoms with Crippen LogP contribution < -0.4 is 5.32 Å². The van der Waals surface area contributed by atoms with Crippen molar-refractivity contribution >= 4 is 50.7 Å². The highest BCUT2D eigenvalue weighted by Gasteiger charge is 2.16. The summed E-state index contributed by atoms with van der Waals surface area (Å²) < 4.78 is 5.78. The van der Waals surface area contributed by atoms with Gasteiger partial charge in [-0.2, -0.15) is 0 Å². The van der Waals surface area contributed by atoms with Gasteiger partial charge in [0.25, 0.3) is 0 Å². The van der Waals surface area contributed by atoms with Gasteiger partial charge in [-0.1, -0.05) is 12.1 Å². The van der Waals surface area contributed by atoms with Crippen LogP contribution >= 0.6 is 33.9 Å². The van der Waals surface area contributed by atoms with Crippen LogP contribution in [0.1, 0.15) is 15.4 Å². The summed E-state index contributed by atoms with van der Waals surface area (Å²) in [4.78, 5) is 16.5. The first-order valence-corrected chi connectivity index (χ1v) is 7.08. The Hall–Kier alpha value is -1.15. The summed E-state index contributed by atoms with van der Waals surface area (Å²) in [6, 6.07) is 7.90. The molecule has 0 saturated heterocycles. The Kier molecular flexibility index (Phi) is 4.18. The van der Waals surface area contributed by atoms with Crippen LogP contribution in [0, 0.1) is 10.5 Å². The molecule has 2 rings (SSSR count). The average molecular weight is 374 g/mol. The molecule has 18 heavy (non-hydrogen) atoms. The lowest BCUT2D eigenvalue weighted by molar-refractivity contribution is 0.0594. The van der Waals surface area contributed by atoms with Gasteiger partial charge in [0.1, 0.15) is 0 Å². The Morgan fingerprint density at radius 1 is 1.44 bits per heavy atom. The fourth-order valence-electron chi connectivity index (χ4n) is 1.41. The number of carbonyl (C=O) groups is 1. The van der Waals surface area contributed by atoms with E-state index in [0.717, 1.165) is 14.1 Å². The number of aryl methyl sites for hydroxylation is 1. The van der Waals surface area contributed by atoms with Crippen molar-refractivity contribution in [1.82, 2.24) is 4.98 Å². The maximum Gasteiger partial charge on any atom is 0.357 e. The number of para-hydroxylation sites is 1. The van der Waals surface area contributed by atoms with Gasteiger partial charge in [-0.15, -0.1) is 11.3 Å². The van der Waals surface area contributed by atoms with Crippen LogP contribution in [0.15, 0.2) is 24.3 Å². The minimum atomic E-state index is -0.403. The van der Waals surface area contributed by atoms with Crippen LogP contribution in [-0.2, 0) is 4.74 Å². The topological polar surface area (TPSA) is 51.2 Å². The van der Waals surface area contributed by atoms with E-state index in [-0.39, 0.29) is 0 Å². The van der Waals surface area contributed by atoms with Gasteiger partial charge >= 0.3 is 5.97 Å². The number of hydrogen-bond acceptors (Lipinski definition) is 5. The van der Waals surface area contributed by atoms with Crippen molar-refractivity contribution in [3.8, 4) is 0 Å². The van der Waals surface area contributed by atoms with Gasteiger partial charge in [0, 0.05) is 8.45 Å². The third-order valence-corrected chi connectivity index (χ3v) is 4.12. The number of esters is 1. The molecule has 6 heteroatoms. The fraction of sp³-hybridized carbons (Fsp3) is 0.167. The monoisotopic (exact) mass is 374 g/mol. The van der Waals surface area contributed by atoms with E-state index in [1.165, 1.54) is 18.4 Å². The summed E-state index contributed by atoms with van der Waals surface area (Å²) in [5, 5.41) is 3.90. The zero-order chi connectivity index (χ0) is 13.1. The van der Waals surface area contributed by atoms with Crippen molar-refractivity contribution < 1.29 is 9.53 Å². The maximum atomic E-state index is 11.5. The second-order valence-electron chi connectivity index (χ2n) is 3.52. The van der Waals surface area contributed by atoms with E-state index in [0.29, 0.717) is 10.8 Å². The van der Waals surface area contributed by atoms with Gasteiger partial charge in [0.2, 0.25) is 0 Å². The van der Waals surface area contributed by atoms with Crippen molar-refractivity contribution in [2.24, 2.45) is 0 Å². The molecule has 0 amide bonds. The van der Waals surface area contributed by atoms with Crippen molar-refractivity contribution in [3.05, 3.63) is 38.4 Å². The molecule has 2 aromatic rings. The van der Waals surface area contributed by atoms with Gasteiger partial charge in [-0.25, -0.2) is 9.78 Å². The number of aromatic nitrogens is 1. The van der Waals surface area contributed by atoms with E-state index in [1.807, 2.05) is 31.2 Å². The van der Waals surface area contributed by atoms with Crippen LogP contribution in [0.4, 0.5) is 10.8 Å². The lowest BCUT2D eigenvalue weighted by atomic mass is 10.3. The number of anilines is 2. The van der Waals surface area contributed by atoms with Gasteiger partial charge in [0.05, 0.1) is 12.8 Å². The van der Waals surface area contributed by atoms with Crippen LogP contribution in [-0.4, -0.2) is 18.1 Å². The largest absolute Gasteiger partial charge is 0.464 e. The molecule has 1 N–H and O–H groups in total. The van der Waals surface area contributed by atoms with Crippen molar-refractivity contribution in [3.63, 3.8) is 0 Å². The first kappa shape index (κ1) is 13.3. The van der Waals surface area contributed by atoms with E-state index in [2.05, 4.69) is 37.6 Å². The Bertz CT molecular complexity index is 583. The average Bonchev–Trinajstić information content (AvgIpc) is 2.72. The zero-order valence-electron chi connectivity index (χ0n) is 9.86. The highest BCUT2D eigenvalue weighted by atomic mass is 127. The zero-order valence-corrected chi connectivity index (χ0v) is 12.8. The molecule has 1 heterocycles. The van der Waals surface area contributed by atoms with E-state index in [4.69, 9.17) is 0 Å². The Morgan fingerprint density at radius 2 is 2.17 bits per heavy atom.